The maximum atomic E-state index is 11.5. The van der Waals surface area contributed by atoms with Gasteiger partial charge in [0.2, 0.25) is 5.91 Å². The Labute approximate surface area is 147 Å². The van der Waals surface area contributed by atoms with Crippen LogP contribution in [0.1, 0.15) is 30.2 Å². The van der Waals surface area contributed by atoms with Crippen molar-refractivity contribution in [3.63, 3.8) is 0 Å². The highest BCUT2D eigenvalue weighted by atomic mass is 127. The number of rotatable bonds is 6. The number of nitrogens with zero attached hydrogens (tertiary/aromatic N) is 2. The van der Waals surface area contributed by atoms with Crippen molar-refractivity contribution in [1.29, 1.82) is 0 Å². The Balaban J connectivity index is 0.00000400. The van der Waals surface area contributed by atoms with Gasteiger partial charge in [-0.3, -0.25) is 9.79 Å². The third-order valence-electron chi connectivity index (χ3n) is 2.39. The van der Waals surface area contributed by atoms with Crippen molar-refractivity contribution in [1.82, 2.24) is 20.9 Å². The van der Waals surface area contributed by atoms with E-state index in [9.17, 15) is 4.79 Å². The number of hydrogen-bond acceptors (Lipinski definition) is 4. The SMILES string of the molecule is CN=C(NCCC(=O)NC(C)C)NCc1ncc(C)s1.I. The number of amides is 1. The summed E-state index contributed by atoms with van der Waals surface area (Å²) in [6.45, 7) is 7.11. The van der Waals surface area contributed by atoms with Gasteiger partial charge in [0.25, 0.3) is 0 Å². The molecule has 0 saturated heterocycles. The molecular weight excluding hydrogens is 401 g/mol. The monoisotopic (exact) mass is 425 g/mol. The number of aliphatic imine (C=N–C) groups is 1. The summed E-state index contributed by atoms with van der Waals surface area (Å²) in [7, 11) is 1.70. The van der Waals surface area contributed by atoms with Crippen LogP contribution >= 0.6 is 35.3 Å². The van der Waals surface area contributed by atoms with Crippen LogP contribution in [0.5, 0.6) is 0 Å². The third-order valence-corrected chi connectivity index (χ3v) is 3.31. The minimum absolute atomic E-state index is 0. The van der Waals surface area contributed by atoms with Crippen LogP contribution in [0.15, 0.2) is 11.2 Å². The van der Waals surface area contributed by atoms with Gasteiger partial charge in [0.1, 0.15) is 5.01 Å². The summed E-state index contributed by atoms with van der Waals surface area (Å²) in [5, 5.41) is 10.1. The van der Waals surface area contributed by atoms with Crippen LogP contribution in [0, 0.1) is 6.92 Å². The zero-order chi connectivity index (χ0) is 15.0. The van der Waals surface area contributed by atoms with Crippen molar-refractivity contribution in [2.24, 2.45) is 4.99 Å². The topological polar surface area (TPSA) is 78.4 Å². The molecular formula is C13H24IN5OS. The van der Waals surface area contributed by atoms with E-state index in [2.05, 4.69) is 25.9 Å². The van der Waals surface area contributed by atoms with Crippen molar-refractivity contribution < 1.29 is 4.79 Å². The van der Waals surface area contributed by atoms with Gasteiger partial charge in [0, 0.05) is 37.1 Å². The molecule has 0 unspecified atom stereocenters. The second kappa shape index (κ2) is 10.8. The number of thiazole rings is 1. The van der Waals surface area contributed by atoms with Gasteiger partial charge >= 0.3 is 0 Å². The molecule has 0 aliphatic heterocycles. The maximum Gasteiger partial charge on any atom is 0.221 e. The first-order chi connectivity index (χ1) is 9.51. The first kappa shape index (κ1) is 20.1. The number of halogens is 1. The number of aryl methyl sites for hydroxylation is 1. The summed E-state index contributed by atoms with van der Waals surface area (Å²) in [5.41, 5.74) is 0. The first-order valence-corrected chi connectivity index (χ1v) is 7.48. The molecule has 0 radical (unpaired) electrons. The summed E-state index contributed by atoms with van der Waals surface area (Å²) in [5.74, 6) is 0.716. The quantitative estimate of drug-likeness (QED) is 0.368. The fraction of sp³-hybridized carbons (Fsp3) is 0.615. The zero-order valence-corrected chi connectivity index (χ0v) is 16.0. The van der Waals surface area contributed by atoms with Crippen molar-refractivity contribution in [2.75, 3.05) is 13.6 Å². The Kier molecular flexibility index (Phi) is 10.3. The van der Waals surface area contributed by atoms with E-state index in [1.54, 1.807) is 18.4 Å². The fourth-order valence-electron chi connectivity index (χ4n) is 1.55. The Morgan fingerprint density at radius 2 is 2.14 bits per heavy atom. The lowest BCUT2D eigenvalue weighted by Gasteiger charge is -2.12. The standard InChI is InChI=1S/C13H23N5OS.HI/c1-9(2)18-11(19)5-6-15-13(14-4)17-8-12-16-7-10(3)20-12;/h7,9H,5-6,8H2,1-4H3,(H,18,19)(H2,14,15,17);1H. The lowest BCUT2D eigenvalue weighted by Crippen LogP contribution is -2.39. The van der Waals surface area contributed by atoms with E-state index in [0.29, 0.717) is 25.5 Å². The lowest BCUT2D eigenvalue weighted by atomic mass is 10.3. The molecule has 0 aliphatic carbocycles. The van der Waals surface area contributed by atoms with E-state index in [1.165, 1.54) is 4.88 Å². The Bertz CT molecular complexity index is 461. The fourth-order valence-corrected chi connectivity index (χ4v) is 2.28. The van der Waals surface area contributed by atoms with Gasteiger partial charge in [0.05, 0.1) is 6.54 Å². The van der Waals surface area contributed by atoms with Gasteiger partial charge in [-0.05, 0) is 20.8 Å². The zero-order valence-electron chi connectivity index (χ0n) is 12.9. The Morgan fingerprint density at radius 1 is 1.43 bits per heavy atom. The predicted octanol–water partition coefficient (Wildman–Crippen LogP) is 1.65. The van der Waals surface area contributed by atoms with Gasteiger partial charge < -0.3 is 16.0 Å². The number of nitrogens with one attached hydrogen (secondary N) is 3. The minimum Gasteiger partial charge on any atom is -0.356 e. The van der Waals surface area contributed by atoms with Crippen LogP contribution in [0.4, 0.5) is 0 Å². The number of aromatic nitrogens is 1. The van der Waals surface area contributed by atoms with E-state index < -0.39 is 0 Å². The van der Waals surface area contributed by atoms with Crippen LogP contribution in [0.2, 0.25) is 0 Å². The molecule has 120 valence electrons. The average molecular weight is 425 g/mol. The molecule has 21 heavy (non-hydrogen) atoms. The van der Waals surface area contributed by atoms with Crippen LogP contribution in [0.25, 0.3) is 0 Å². The highest BCUT2D eigenvalue weighted by Crippen LogP contribution is 2.10. The summed E-state index contributed by atoms with van der Waals surface area (Å²) in [6.07, 6.45) is 2.28. The lowest BCUT2D eigenvalue weighted by molar-refractivity contribution is -0.121. The first-order valence-electron chi connectivity index (χ1n) is 6.66. The van der Waals surface area contributed by atoms with Crippen LogP contribution in [0.3, 0.4) is 0 Å². The van der Waals surface area contributed by atoms with Gasteiger partial charge in [-0.15, -0.1) is 35.3 Å². The smallest absolute Gasteiger partial charge is 0.221 e. The second-order valence-corrected chi connectivity index (χ2v) is 6.01. The van der Waals surface area contributed by atoms with Gasteiger partial charge in [0.15, 0.2) is 5.96 Å². The molecule has 0 atom stereocenters. The van der Waals surface area contributed by atoms with Crippen molar-refractivity contribution in [2.45, 2.75) is 39.8 Å². The van der Waals surface area contributed by atoms with Gasteiger partial charge in [-0.2, -0.15) is 0 Å². The molecule has 1 heterocycles. The second-order valence-electron chi connectivity index (χ2n) is 4.69. The highest BCUT2D eigenvalue weighted by Gasteiger charge is 2.04. The highest BCUT2D eigenvalue weighted by molar-refractivity contribution is 14.0. The molecule has 0 spiro atoms. The Hall–Kier alpha value is -0.900. The Morgan fingerprint density at radius 3 is 2.67 bits per heavy atom. The molecule has 6 nitrogen and oxygen atoms in total. The van der Waals surface area contributed by atoms with E-state index in [-0.39, 0.29) is 35.9 Å². The van der Waals surface area contributed by atoms with Gasteiger partial charge in [-0.1, -0.05) is 0 Å². The van der Waals surface area contributed by atoms with Crippen LogP contribution in [-0.4, -0.2) is 36.5 Å². The molecule has 0 saturated carbocycles. The van der Waals surface area contributed by atoms with E-state index in [1.807, 2.05) is 27.0 Å². The number of carbonyl (C=O) groups excluding carboxylic acids is 1. The molecule has 0 aromatic carbocycles. The number of carbonyl (C=O) groups is 1. The number of hydrogen-bond donors (Lipinski definition) is 3. The van der Waals surface area contributed by atoms with E-state index in [0.717, 1.165) is 5.01 Å². The van der Waals surface area contributed by atoms with E-state index in [4.69, 9.17) is 0 Å². The van der Waals surface area contributed by atoms with Crippen LogP contribution in [-0.2, 0) is 11.3 Å². The summed E-state index contributed by atoms with van der Waals surface area (Å²) in [4.78, 5) is 21.1. The molecule has 8 heteroatoms. The van der Waals surface area contributed by atoms with Gasteiger partial charge in [-0.25, -0.2) is 4.98 Å². The van der Waals surface area contributed by atoms with Crippen molar-refractivity contribution in [3.8, 4) is 0 Å². The molecule has 1 rings (SSSR count). The molecule has 1 amide bonds. The molecule has 0 fully saturated rings. The molecule has 1 aromatic heterocycles. The molecule has 0 bridgehead atoms. The number of guanidine groups is 1. The summed E-state index contributed by atoms with van der Waals surface area (Å²) in [6, 6.07) is 0.174. The minimum atomic E-state index is 0. The van der Waals surface area contributed by atoms with Crippen molar-refractivity contribution >= 4 is 47.2 Å². The maximum absolute atomic E-state index is 11.5. The van der Waals surface area contributed by atoms with Crippen LogP contribution < -0.4 is 16.0 Å². The molecule has 0 aliphatic rings. The average Bonchev–Trinajstić information content (AvgIpc) is 2.78. The normalized spacial score (nSPS) is 11.0. The van der Waals surface area contributed by atoms with E-state index >= 15 is 0 Å². The summed E-state index contributed by atoms with van der Waals surface area (Å²) < 4.78 is 0. The predicted molar refractivity (Wildman–Crippen MR) is 98.4 cm³/mol. The summed E-state index contributed by atoms with van der Waals surface area (Å²) >= 11 is 1.66. The van der Waals surface area contributed by atoms with Crippen molar-refractivity contribution in [3.05, 3.63) is 16.1 Å². The molecule has 1 aromatic rings. The third kappa shape index (κ3) is 8.86. The largest absolute Gasteiger partial charge is 0.356 e. The molecule has 3 N–H and O–H groups in total.